The normalized spacial score (nSPS) is 29.1. The van der Waals surface area contributed by atoms with E-state index in [1.807, 2.05) is 25.7 Å². The molecule has 2 rings (SSSR count). The number of likely N-dealkylation sites (tertiary alicyclic amines) is 1. The Hall–Kier alpha value is -0.770. The van der Waals surface area contributed by atoms with E-state index < -0.39 is 5.60 Å². The van der Waals surface area contributed by atoms with Crippen molar-refractivity contribution in [3.8, 4) is 0 Å². The molecule has 1 amide bonds. The molecule has 0 spiro atoms. The van der Waals surface area contributed by atoms with E-state index in [2.05, 4.69) is 5.32 Å². The quantitative estimate of drug-likeness (QED) is 0.795. The third kappa shape index (κ3) is 4.10. The Morgan fingerprint density at radius 2 is 2.00 bits per heavy atom. The Bertz CT molecular complexity index is 306. The van der Waals surface area contributed by atoms with Gasteiger partial charge in [-0.1, -0.05) is 0 Å². The summed E-state index contributed by atoms with van der Waals surface area (Å²) in [6.07, 6.45) is 5.81. The minimum absolute atomic E-state index is 0.122. The van der Waals surface area contributed by atoms with Gasteiger partial charge in [0.05, 0.1) is 0 Å². The SMILES string of the molecule is CC(C)(C)OC(=O)N1CCCC[C@@H]1[C@H]1CCCNC1. The van der Waals surface area contributed by atoms with Crippen molar-refractivity contribution >= 4 is 6.09 Å². The molecule has 4 nitrogen and oxygen atoms in total. The van der Waals surface area contributed by atoms with Crippen LogP contribution in [0.5, 0.6) is 0 Å². The first-order chi connectivity index (χ1) is 8.97. The molecule has 0 aromatic heterocycles. The van der Waals surface area contributed by atoms with E-state index in [1.54, 1.807) is 0 Å². The zero-order valence-electron chi connectivity index (χ0n) is 12.6. The van der Waals surface area contributed by atoms with E-state index >= 15 is 0 Å². The second-order valence-corrected chi connectivity index (χ2v) is 6.84. The Labute approximate surface area is 116 Å². The molecule has 0 bridgehead atoms. The lowest BCUT2D eigenvalue weighted by atomic mass is 9.85. The smallest absolute Gasteiger partial charge is 0.410 e. The van der Waals surface area contributed by atoms with Gasteiger partial charge in [-0.25, -0.2) is 4.79 Å². The number of amides is 1. The summed E-state index contributed by atoms with van der Waals surface area (Å²) in [5.41, 5.74) is -0.399. The standard InChI is InChI=1S/C15H28N2O2/c1-15(2,3)19-14(18)17-10-5-4-8-13(17)12-7-6-9-16-11-12/h12-13,16H,4-11H2,1-3H3/t12-,13+/m0/s1. The second-order valence-electron chi connectivity index (χ2n) is 6.84. The summed E-state index contributed by atoms with van der Waals surface area (Å²) in [5.74, 6) is 0.599. The van der Waals surface area contributed by atoms with Crippen molar-refractivity contribution in [1.29, 1.82) is 0 Å². The molecule has 0 unspecified atom stereocenters. The molecule has 110 valence electrons. The molecule has 19 heavy (non-hydrogen) atoms. The van der Waals surface area contributed by atoms with Crippen LogP contribution < -0.4 is 5.32 Å². The van der Waals surface area contributed by atoms with Crippen LogP contribution in [0.4, 0.5) is 4.79 Å². The summed E-state index contributed by atoms with van der Waals surface area (Å²) in [4.78, 5) is 14.3. The first kappa shape index (κ1) is 14.6. The number of carbonyl (C=O) groups is 1. The lowest BCUT2D eigenvalue weighted by molar-refractivity contribution is -0.000418. The van der Waals surface area contributed by atoms with Gasteiger partial charge < -0.3 is 15.0 Å². The lowest BCUT2D eigenvalue weighted by Gasteiger charge is -2.42. The number of nitrogens with one attached hydrogen (secondary N) is 1. The van der Waals surface area contributed by atoms with Gasteiger partial charge in [-0.15, -0.1) is 0 Å². The predicted molar refractivity (Wildman–Crippen MR) is 76.2 cm³/mol. The summed E-state index contributed by atoms with van der Waals surface area (Å²) in [6, 6.07) is 0.372. The van der Waals surface area contributed by atoms with Crippen molar-refractivity contribution in [2.24, 2.45) is 5.92 Å². The molecule has 2 saturated heterocycles. The number of hydrogen-bond acceptors (Lipinski definition) is 3. The molecule has 2 fully saturated rings. The summed E-state index contributed by atoms with van der Waals surface area (Å²) >= 11 is 0. The summed E-state index contributed by atoms with van der Waals surface area (Å²) in [7, 11) is 0. The van der Waals surface area contributed by atoms with E-state index in [4.69, 9.17) is 4.74 Å². The average Bonchev–Trinajstić information content (AvgIpc) is 2.38. The van der Waals surface area contributed by atoms with Gasteiger partial charge >= 0.3 is 6.09 Å². The zero-order chi connectivity index (χ0) is 13.9. The van der Waals surface area contributed by atoms with Crippen molar-refractivity contribution in [3.05, 3.63) is 0 Å². The number of ether oxygens (including phenoxy) is 1. The molecule has 0 saturated carbocycles. The molecule has 0 radical (unpaired) electrons. The monoisotopic (exact) mass is 268 g/mol. The van der Waals surface area contributed by atoms with Gasteiger partial charge in [-0.05, 0) is 71.9 Å². The van der Waals surface area contributed by atoms with Gasteiger partial charge in [0.1, 0.15) is 5.60 Å². The van der Waals surface area contributed by atoms with Gasteiger partial charge in [-0.2, -0.15) is 0 Å². The molecular weight excluding hydrogens is 240 g/mol. The van der Waals surface area contributed by atoms with Crippen LogP contribution in [-0.4, -0.2) is 42.3 Å². The number of piperidine rings is 2. The van der Waals surface area contributed by atoms with Crippen LogP contribution in [0.3, 0.4) is 0 Å². The van der Waals surface area contributed by atoms with E-state index in [1.165, 1.54) is 19.3 Å². The van der Waals surface area contributed by atoms with Crippen molar-refractivity contribution in [2.75, 3.05) is 19.6 Å². The molecule has 4 heteroatoms. The van der Waals surface area contributed by atoms with Gasteiger partial charge in [0.15, 0.2) is 0 Å². The Kier molecular flexibility index (Phi) is 4.71. The Morgan fingerprint density at radius 1 is 1.21 bits per heavy atom. The number of carbonyl (C=O) groups excluding carboxylic acids is 1. The van der Waals surface area contributed by atoms with E-state index in [-0.39, 0.29) is 6.09 Å². The first-order valence-corrected chi connectivity index (χ1v) is 7.68. The number of nitrogens with zero attached hydrogens (tertiary/aromatic N) is 1. The van der Waals surface area contributed by atoms with Gasteiger partial charge in [0.25, 0.3) is 0 Å². The fourth-order valence-corrected chi connectivity index (χ4v) is 3.20. The third-order valence-corrected chi connectivity index (χ3v) is 4.06. The molecule has 1 N–H and O–H groups in total. The van der Waals surface area contributed by atoms with Gasteiger partial charge in [0.2, 0.25) is 0 Å². The molecule has 0 aromatic rings. The van der Waals surface area contributed by atoms with Crippen LogP contribution in [-0.2, 0) is 4.74 Å². The van der Waals surface area contributed by atoms with Crippen molar-refractivity contribution in [3.63, 3.8) is 0 Å². The van der Waals surface area contributed by atoms with Crippen LogP contribution >= 0.6 is 0 Å². The van der Waals surface area contributed by atoms with Crippen LogP contribution in [0.25, 0.3) is 0 Å². The zero-order valence-corrected chi connectivity index (χ0v) is 12.6. The van der Waals surface area contributed by atoms with Gasteiger partial charge in [0, 0.05) is 12.6 Å². The lowest BCUT2D eigenvalue weighted by Crippen LogP contribution is -2.52. The summed E-state index contributed by atoms with van der Waals surface area (Å²) < 4.78 is 5.56. The maximum absolute atomic E-state index is 12.4. The van der Waals surface area contributed by atoms with Crippen LogP contribution in [0.1, 0.15) is 52.9 Å². The number of hydrogen-bond donors (Lipinski definition) is 1. The predicted octanol–water partition coefficient (Wildman–Crippen LogP) is 2.78. The van der Waals surface area contributed by atoms with E-state index in [9.17, 15) is 4.79 Å². The van der Waals surface area contributed by atoms with E-state index in [0.29, 0.717) is 12.0 Å². The van der Waals surface area contributed by atoms with E-state index in [0.717, 1.165) is 32.5 Å². The maximum Gasteiger partial charge on any atom is 0.410 e. The molecule has 0 aliphatic carbocycles. The highest BCUT2D eigenvalue weighted by atomic mass is 16.6. The first-order valence-electron chi connectivity index (χ1n) is 7.68. The van der Waals surface area contributed by atoms with Crippen LogP contribution in [0.15, 0.2) is 0 Å². The third-order valence-electron chi connectivity index (χ3n) is 4.06. The Balaban J connectivity index is 2.00. The topological polar surface area (TPSA) is 41.6 Å². The second kappa shape index (κ2) is 6.12. The van der Waals surface area contributed by atoms with Crippen molar-refractivity contribution in [2.45, 2.75) is 64.5 Å². The largest absolute Gasteiger partial charge is 0.444 e. The highest BCUT2D eigenvalue weighted by Gasteiger charge is 2.35. The van der Waals surface area contributed by atoms with Crippen LogP contribution in [0.2, 0.25) is 0 Å². The molecule has 2 aliphatic heterocycles. The maximum atomic E-state index is 12.4. The minimum atomic E-state index is -0.399. The molecular formula is C15H28N2O2. The highest BCUT2D eigenvalue weighted by molar-refractivity contribution is 5.68. The fourth-order valence-electron chi connectivity index (χ4n) is 3.20. The Morgan fingerprint density at radius 3 is 2.63 bits per heavy atom. The summed E-state index contributed by atoms with van der Waals surface area (Å²) in [6.45, 7) is 8.83. The van der Waals surface area contributed by atoms with Crippen LogP contribution in [0, 0.1) is 5.92 Å². The van der Waals surface area contributed by atoms with Gasteiger partial charge in [-0.3, -0.25) is 0 Å². The highest BCUT2D eigenvalue weighted by Crippen LogP contribution is 2.28. The molecule has 2 atom stereocenters. The molecule has 2 heterocycles. The van der Waals surface area contributed by atoms with Crippen molar-refractivity contribution in [1.82, 2.24) is 10.2 Å². The van der Waals surface area contributed by atoms with Crippen molar-refractivity contribution < 1.29 is 9.53 Å². The fraction of sp³-hybridized carbons (Fsp3) is 0.933. The molecule has 2 aliphatic rings. The average molecular weight is 268 g/mol. The summed E-state index contributed by atoms with van der Waals surface area (Å²) in [5, 5.41) is 3.46. The molecule has 0 aromatic carbocycles. The minimum Gasteiger partial charge on any atom is -0.444 e. The number of rotatable bonds is 1.